The predicted octanol–water partition coefficient (Wildman–Crippen LogP) is 5.36. The first-order valence-electron chi connectivity index (χ1n) is 8.77. The fourth-order valence-corrected chi connectivity index (χ4v) is 4.00. The summed E-state index contributed by atoms with van der Waals surface area (Å²) in [6.45, 7) is 7.56. The number of aromatic nitrogens is 1. The summed E-state index contributed by atoms with van der Waals surface area (Å²) in [6.07, 6.45) is 0. The van der Waals surface area contributed by atoms with Gasteiger partial charge < -0.3 is 4.90 Å². The van der Waals surface area contributed by atoms with Crippen molar-refractivity contribution < 1.29 is 4.79 Å². The molecule has 0 aliphatic heterocycles. The van der Waals surface area contributed by atoms with E-state index in [1.165, 1.54) is 0 Å². The van der Waals surface area contributed by atoms with E-state index in [9.17, 15) is 4.79 Å². The Morgan fingerprint density at radius 2 is 1.81 bits per heavy atom. The molecule has 0 fully saturated rings. The van der Waals surface area contributed by atoms with E-state index in [0.717, 1.165) is 35.0 Å². The van der Waals surface area contributed by atoms with Crippen LogP contribution in [0.15, 0.2) is 48.5 Å². The maximum absolute atomic E-state index is 13.2. The third-order valence-corrected chi connectivity index (χ3v) is 5.66. The molecule has 144 valence electrons. The van der Waals surface area contributed by atoms with Gasteiger partial charge in [0.25, 0.3) is 5.91 Å². The van der Waals surface area contributed by atoms with Crippen LogP contribution in [0, 0.1) is 0 Å². The second-order valence-corrected chi connectivity index (χ2v) is 7.40. The van der Waals surface area contributed by atoms with Crippen molar-refractivity contribution in [2.75, 3.05) is 31.1 Å². The van der Waals surface area contributed by atoms with E-state index in [-0.39, 0.29) is 18.3 Å². The Morgan fingerprint density at radius 1 is 1.07 bits per heavy atom. The second-order valence-electron chi connectivity index (χ2n) is 5.96. The van der Waals surface area contributed by atoms with Crippen LogP contribution in [0.2, 0.25) is 5.02 Å². The van der Waals surface area contributed by atoms with Gasteiger partial charge in [0.2, 0.25) is 0 Å². The van der Waals surface area contributed by atoms with Gasteiger partial charge in [0.15, 0.2) is 5.13 Å². The molecule has 0 radical (unpaired) electrons. The average molecular weight is 424 g/mol. The lowest BCUT2D eigenvalue weighted by Gasteiger charge is -2.24. The van der Waals surface area contributed by atoms with Crippen molar-refractivity contribution >= 4 is 56.6 Å². The highest BCUT2D eigenvalue weighted by atomic mass is 35.5. The average Bonchev–Trinajstić information content (AvgIpc) is 3.08. The van der Waals surface area contributed by atoms with Crippen molar-refractivity contribution in [2.24, 2.45) is 0 Å². The topological polar surface area (TPSA) is 36.4 Å². The predicted molar refractivity (Wildman–Crippen MR) is 118 cm³/mol. The third-order valence-electron chi connectivity index (χ3n) is 4.36. The Balaban J connectivity index is 0.00000261. The van der Waals surface area contributed by atoms with Crippen LogP contribution in [0.4, 0.5) is 5.13 Å². The van der Waals surface area contributed by atoms with Gasteiger partial charge in [-0.1, -0.05) is 55.0 Å². The van der Waals surface area contributed by atoms with Crippen molar-refractivity contribution in [1.82, 2.24) is 9.88 Å². The lowest BCUT2D eigenvalue weighted by atomic mass is 10.2. The van der Waals surface area contributed by atoms with Gasteiger partial charge >= 0.3 is 0 Å². The van der Waals surface area contributed by atoms with Crippen molar-refractivity contribution in [2.45, 2.75) is 13.8 Å². The number of nitrogens with zero attached hydrogens (tertiary/aromatic N) is 3. The highest BCUT2D eigenvalue weighted by molar-refractivity contribution is 7.22. The Hall–Kier alpha value is -1.66. The zero-order chi connectivity index (χ0) is 18.5. The molecule has 0 unspecified atom stereocenters. The van der Waals surface area contributed by atoms with E-state index in [1.807, 2.05) is 24.3 Å². The van der Waals surface area contributed by atoms with Gasteiger partial charge in [-0.3, -0.25) is 9.69 Å². The fraction of sp³-hybridized carbons (Fsp3) is 0.300. The quantitative estimate of drug-likeness (QED) is 0.512. The van der Waals surface area contributed by atoms with Crippen molar-refractivity contribution in [3.05, 3.63) is 59.1 Å². The van der Waals surface area contributed by atoms with Gasteiger partial charge in [-0.25, -0.2) is 4.98 Å². The molecule has 0 aliphatic rings. The number of carbonyl (C=O) groups is 1. The van der Waals surface area contributed by atoms with E-state index in [0.29, 0.717) is 17.1 Å². The number of anilines is 1. The number of hydrogen-bond donors (Lipinski definition) is 0. The molecule has 1 heterocycles. The van der Waals surface area contributed by atoms with Crippen LogP contribution in [0.1, 0.15) is 24.2 Å². The summed E-state index contributed by atoms with van der Waals surface area (Å²) < 4.78 is 1.08. The Morgan fingerprint density at radius 3 is 2.48 bits per heavy atom. The van der Waals surface area contributed by atoms with Gasteiger partial charge in [-0.2, -0.15) is 0 Å². The van der Waals surface area contributed by atoms with Gasteiger partial charge in [0, 0.05) is 23.7 Å². The molecule has 2 aromatic carbocycles. The Kier molecular flexibility index (Phi) is 8.05. The molecule has 0 atom stereocenters. The Bertz CT molecular complexity index is 863. The molecular formula is C20H23Cl2N3OS. The van der Waals surface area contributed by atoms with Crippen LogP contribution in [0.3, 0.4) is 0 Å². The Labute approximate surface area is 175 Å². The number of para-hydroxylation sites is 1. The normalized spacial score (nSPS) is 10.8. The first kappa shape index (κ1) is 21.6. The smallest absolute Gasteiger partial charge is 0.260 e. The van der Waals surface area contributed by atoms with E-state index in [2.05, 4.69) is 23.7 Å². The van der Waals surface area contributed by atoms with Crippen LogP contribution >= 0.6 is 35.3 Å². The summed E-state index contributed by atoms with van der Waals surface area (Å²) in [6, 6.07) is 15.0. The molecule has 0 N–H and O–H groups in total. The maximum Gasteiger partial charge on any atom is 0.260 e. The SMILES string of the molecule is CCN(CC)CCN(C(=O)c1cccc(Cl)c1)c1nc2ccccc2s1.Cl. The minimum atomic E-state index is -0.0706. The minimum absolute atomic E-state index is 0. The molecule has 1 amide bonds. The summed E-state index contributed by atoms with van der Waals surface area (Å²) in [7, 11) is 0. The zero-order valence-corrected chi connectivity index (χ0v) is 17.8. The highest BCUT2D eigenvalue weighted by Crippen LogP contribution is 2.29. The molecule has 0 aliphatic carbocycles. The van der Waals surface area contributed by atoms with E-state index in [1.54, 1.807) is 40.5 Å². The minimum Gasteiger partial charge on any atom is -0.302 e. The molecule has 0 saturated heterocycles. The number of amides is 1. The van der Waals surface area contributed by atoms with E-state index < -0.39 is 0 Å². The van der Waals surface area contributed by atoms with Gasteiger partial charge in [-0.15, -0.1) is 12.4 Å². The van der Waals surface area contributed by atoms with Crippen LogP contribution in [-0.4, -0.2) is 42.0 Å². The summed E-state index contributed by atoms with van der Waals surface area (Å²) in [5.74, 6) is -0.0706. The number of fused-ring (bicyclic) bond motifs is 1. The third kappa shape index (κ3) is 5.20. The molecule has 0 saturated carbocycles. The fourth-order valence-electron chi connectivity index (χ4n) is 2.82. The lowest BCUT2D eigenvalue weighted by Crippen LogP contribution is -2.38. The van der Waals surface area contributed by atoms with Crippen molar-refractivity contribution in [1.29, 1.82) is 0 Å². The lowest BCUT2D eigenvalue weighted by molar-refractivity contribution is 0.0984. The summed E-state index contributed by atoms with van der Waals surface area (Å²) in [5.41, 5.74) is 1.50. The van der Waals surface area contributed by atoms with Crippen molar-refractivity contribution in [3.8, 4) is 0 Å². The van der Waals surface area contributed by atoms with Gasteiger partial charge in [0.05, 0.1) is 10.2 Å². The number of benzene rings is 2. The van der Waals surface area contributed by atoms with Gasteiger partial charge in [-0.05, 0) is 43.4 Å². The highest BCUT2D eigenvalue weighted by Gasteiger charge is 2.22. The molecule has 1 aromatic heterocycles. The van der Waals surface area contributed by atoms with E-state index in [4.69, 9.17) is 11.6 Å². The summed E-state index contributed by atoms with van der Waals surface area (Å²) in [4.78, 5) is 21.9. The molecule has 27 heavy (non-hydrogen) atoms. The van der Waals surface area contributed by atoms with Gasteiger partial charge in [0.1, 0.15) is 0 Å². The van der Waals surface area contributed by atoms with Crippen LogP contribution < -0.4 is 4.90 Å². The first-order valence-corrected chi connectivity index (χ1v) is 9.97. The first-order chi connectivity index (χ1) is 12.6. The monoisotopic (exact) mass is 423 g/mol. The largest absolute Gasteiger partial charge is 0.302 e. The van der Waals surface area contributed by atoms with Crippen LogP contribution in [0.25, 0.3) is 10.2 Å². The standard InChI is InChI=1S/C20H22ClN3OS.ClH/c1-3-23(4-2)12-13-24(19(25)15-8-7-9-16(21)14-15)20-22-17-10-5-6-11-18(17)26-20;/h5-11,14H,3-4,12-13H2,1-2H3;1H. The van der Waals surface area contributed by atoms with E-state index >= 15 is 0 Å². The zero-order valence-electron chi connectivity index (χ0n) is 15.4. The second kappa shape index (κ2) is 10.0. The molecule has 0 spiro atoms. The molecule has 3 aromatic rings. The number of carbonyl (C=O) groups excluding carboxylic acids is 1. The number of likely N-dealkylation sites (N-methyl/N-ethyl adjacent to an activating group) is 1. The number of thiazole rings is 1. The van der Waals surface area contributed by atoms with Crippen molar-refractivity contribution in [3.63, 3.8) is 0 Å². The molecule has 0 bridgehead atoms. The maximum atomic E-state index is 13.2. The molecular weight excluding hydrogens is 401 g/mol. The number of hydrogen-bond acceptors (Lipinski definition) is 4. The molecule has 4 nitrogen and oxygen atoms in total. The summed E-state index contributed by atoms with van der Waals surface area (Å²) in [5, 5.41) is 1.28. The van der Waals surface area contributed by atoms with Crippen LogP contribution in [-0.2, 0) is 0 Å². The summed E-state index contributed by atoms with van der Waals surface area (Å²) >= 11 is 7.63. The van der Waals surface area contributed by atoms with Crippen LogP contribution in [0.5, 0.6) is 0 Å². The number of rotatable bonds is 7. The molecule has 7 heteroatoms. The molecule has 3 rings (SSSR count). The number of halogens is 2.